The minimum absolute atomic E-state index is 0.00428. The van der Waals surface area contributed by atoms with E-state index in [1.807, 2.05) is 37.3 Å². The van der Waals surface area contributed by atoms with Gasteiger partial charge in [0.05, 0.1) is 22.0 Å². The van der Waals surface area contributed by atoms with E-state index in [0.717, 1.165) is 22.2 Å². The molecule has 39 heavy (non-hydrogen) atoms. The van der Waals surface area contributed by atoms with Crippen LogP contribution in [0, 0.1) is 5.82 Å². The zero-order valence-electron chi connectivity index (χ0n) is 21.6. The van der Waals surface area contributed by atoms with Crippen molar-refractivity contribution in [3.8, 4) is 0 Å². The van der Waals surface area contributed by atoms with E-state index in [0.29, 0.717) is 23.6 Å². The standard InChI is InChI=1S/C28H30Cl2FN3O4S/c1-3-14-32-28(36)26(16-20-8-5-4-6-9-20)33(18-21-12-13-24(29)25(30)15-21)27(35)19-34(39(2,37)38)23-11-7-10-22(31)17-23/h4-13,15,17,26H,3,14,16,18-19H2,1-2H3,(H,32,36)/t26-/m0/s1. The molecular formula is C28H30Cl2FN3O4S. The van der Waals surface area contributed by atoms with Gasteiger partial charge in [-0.3, -0.25) is 13.9 Å². The number of nitrogens with zero attached hydrogens (tertiary/aromatic N) is 2. The zero-order chi connectivity index (χ0) is 28.6. The van der Waals surface area contributed by atoms with Gasteiger partial charge in [-0.25, -0.2) is 12.8 Å². The maximum atomic E-state index is 14.0. The highest BCUT2D eigenvalue weighted by Crippen LogP contribution is 2.25. The second kappa shape index (κ2) is 13.8. The minimum atomic E-state index is -3.99. The molecule has 0 aliphatic rings. The molecule has 0 aliphatic heterocycles. The summed E-state index contributed by atoms with van der Waals surface area (Å²) in [6.07, 6.45) is 1.80. The summed E-state index contributed by atoms with van der Waals surface area (Å²) in [6, 6.07) is 18.0. The Labute approximate surface area is 238 Å². The Hall–Kier alpha value is -3.14. The third kappa shape index (κ3) is 8.68. The van der Waals surface area contributed by atoms with E-state index in [9.17, 15) is 22.4 Å². The number of sulfonamides is 1. The first-order chi connectivity index (χ1) is 18.5. The molecule has 3 rings (SSSR count). The first kappa shape index (κ1) is 30.4. The molecule has 3 aromatic rings. The molecular weight excluding hydrogens is 564 g/mol. The summed E-state index contributed by atoms with van der Waals surface area (Å²) in [4.78, 5) is 28.7. The molecule has 0 saturated heterocycles. The molecule has 0 heterocycles. The highest BCUT2D eigenvalue weighted by molar-refractivity contribution is 7.92. The van der Waals surface area contributed by atoms with Crippen molar-refractivity contribution in [2.24, 2.45) is 0 Å². The highest BCUT2D eigenvalue weighted by atomic mass is 35.5. The van der Waals surface area contributed by atoms with Gasteiger partial charge in [-0.15, -0.1) is 0 Å². The SMILES string of the molecule is CCCNC(=O)[C@H](Cc1ccccc1)N(Cc1ccc(Cl)c(Cl)c1)C(=O)CN(c1cccc(F)c1)S(C)(=O)=O. The van der Waals surface area contributed by atoms with E-state index in [-0.39, 0.29) is 29.6 Å². The van der Waals surface area contributed by atoms with Crippen LogP contribution in [0.4, 0.5) is 10.1 Å². The van der Waals surface area contributed by atoms with Gasteiger partial charge in [-0.2, -0.15) is 0 Å². The van der Waals surface area contributed by atoms with Gasteiger partial charge in [0, 0.05) is 19.5 Å². The number of amides is 2. The topological polar surface area (TPSA) is 86.8 Å². The van der Waals surface area contributed by atoms with E-state index < -0.39 is 34.3 Å². The number of anilines is 1. The Morgan fingerprint density at radius 2 is 1.67 bits per heavy atom. The van der Waals surface area contributed by atoms with Gasteiger partial charge in [-0.05, 0) is 47.9 Å². The van der Waals surface area contributed by atoms with Crippen LogP contribution in [-0.4, -0.2) is 50.5 Å². The molecule has 3 aromatic carbocycles. The molecule has 2 amide bonds. The second-order valence-corrected chi connectivity index (χ2v) is 11.7. The zero-order valence-corrected chi connectivity index (χ0v) is 23.9. The number of carbonyl (C=O) groups excluding carboxylic acids is 2. The van der Waals surface area contributed by atoms with Crippen LogP contribution in [0.3, 0.4) is 0 Å². The van der Waals surface area contributed by atoms with Gasteiger partial charge in [0.1, 0.15) is 18.4 Å². The number of carbonyl (C=O) groups is 2. The lowest BCUT2D eigenvalue weighted by Crippen LogP contribution is -2.53. The molecule has 0 aromatic heterocycles. The van der Waals surface area contributed by atoms with Crippen LogP contribution < -0.4 is 9.62 Å². The molecule has 0 aliphatic carbocycles. The number of rotatable bonds is 12. The van der Waals surface area contributed by atoms with Crippen molar-refractivity contribution < 1.29 is 22.4 Å². The normalized spacial score (nSPS) is 12.0. The number of hydrogen-bond acceptors (Lipinski definition) is 4. The Morgan fingerprint density at radius 3 is 2.28 bits per heavy atom. The van der Waals surface area contributed by atoms with Gasteiger partial charge in [0.2, 0.25) is 21.8 Å². The summed E-state index contributed by atoms with van der Waals surface area (Å²) in [5.41, 5.74) is 1.40. The average Bonchev–Trinajstić information content (AvgIpc) is 2.89. The summed E-state index contributed by atoms with van der Waals surface area (Å²) in [6.45, 7) is 1.62. The minimum Gasteiger partial charge on any atom is -0.354 e. The van der Waals surface area contributed by atoms with Gasteiger partial charge in [0.15, 0.2) is 0 Å². The van der Waals surface area contributed by atoms with E-state index in [1.165, 1.54) is 23.1 Å². The van der Waals surface area contributed by atoms with E-state index in [4.69, 9.17) is 23.2 Å². The van der Waals surface area contributed by atoms with E-state index in [1.54, 1.807) is 18.2 Å². The molecule has 0 saturated carbocycles. The van der Waals surface area contributed by atoms with Crippen LogP contribution in [0.25, 0.3) is 0 Å². The Balaban J connectivity index is 2.06. The Bertz CT molecular complexity index is 1410. The van der Waals surface area contributed by atoms with E-state index >= 15 is 0 Å². The third-order valence-electron chi connectivity index (χ3n) is 5.93. The highest BCUT2D eigenvalue weighted by Gasteiger charge is 2.33. The second-order valence-electron chi connectivity index (χ2n) is 9.02. The summed E-state index contributed by atoms with van der Waals surface area (Å²) in [7, 11) is -3.99. The maximum Gasteiger partial charge on any atom is 0.244 e. The van der Waals surface area contributed by atoms with Crippen LogP contribution in [0.5, 0.6) is 0 Å². The fourth-order valence-corrected chi connectivity index (χ4v) is 5.16. The molecule has 0 unspecified atom stereocenters. The molecule has 0 bridgehead atoms. The summed E-state index contributed by atoms with van der Waals surface area (Å²) in [5.74, 6) is -1.68. The first-order valence-corrected chi connectivity index (χ1v) is 14.9. The van der Waals surface area contributed by atoms with Crippen molar-refractivity contribution in [2.45, 2.75) is 32.4 Å². The van der Waals surface area contributed by atoms with Crippen molar-refractivity contribution in [3.63, 3.8) is 0 Å². The van der Waals surface area contributed by atoms with Crippen LogP contribution in [0.2, 0.25) is 10.0 Å². The van der Waals surface area contributed by atoms with Gasteiger partial charge in [0.25, 0.3) is 0 Å². The molecule has 0 spiro atoms. The third-order valence-corrected chi connectivity index (χ3v) is 7.81. The van der Waals surface area contributed by atoms with Gasteiger partial charge < -0.3 is 10.2 Å². The number of hydrogen-bond donors (Lipinski definition) is 1. The van der Waals surface area contributed by atoms with Crippen molar-refractivity contribution >= 4 is 50.7 Å². The van der Waals surface area contributed by atoms with Crippen LogP contribution in [0.1, 0.15) is 24.5 Å². The van der Waals surface area contributed by atoms with Crippen molar-refractivity contribution in [3.05, 3.63) is 99.8 Å². The molecule has 11 heteroatoms. The summed E-state index contributed by atoms with van der Waals surface area (Å²) < 4.78 is 40.2. The molecule has 7 nitrogen and oxygen atoms in total. The Morgan fingerprint density at radius 1 is 0.949 bits per heavy atom. The number of benzene rings is 3. The first-order valence-electron chi connectivity index (χ1n) is 12.3. The molecule has 208 valence electrons. The van der Waals surface area contributed by atoms with E-state index in [2.05, 4.69) is 5.32 Å². The van der Waals surface area contributed by atoms with Crippen LogP contribution in [0.15, 0.2) is 72.8 Å². The quantitative estimate of drug-likeness (QED) is 0.318. The molecule has 1 N–H and O–H groups in total. The molecule has 0 fully saturated rings. The van der Waals surface area contributed by atoms with Crippen LogP contribution >= 0.6 is 23.2 Å². The predicted molar refractivity (Wildman–Crippen MR) is 153 cm³/mol. The monoisotopic (exact) mass is 593 g/mol. The largest absolute Gasteiger partial charge is 0.354 e. The van der Waals surface area contributed by atoms with Crippen molar-refractivity contribution in [2.75, 3.05) is 23.7 Å². The fourth-order valence-electron chi connectivity index (χ4n) is 4.00. The number of halogens is 3. The van der Waals surface area contributed by atoms with Gasteiger partial charge in [-0.1, -0.05) is 72.6 Å². The van der Waals surface area contributed by atoms with Crippen molar-refractivity contribution in [1.29, 1.82) is 0 Å². The van der Waals surface area contributed by atoms with Crippen LogP contribution in [-0.2, 0) is 32.6 Å². The maximum absolute atomic E-state index is 14.0. The molecule has 1 atom stereocenters. The fraction of sp³-hybridized carbons (Fsp3) is 0.286. The lowest BCUT2D eigenvalue weighted by Gasteiger charge is -2.33. The summed E-state index contributed by atoms with van der Waals surface area (Å²) >= 11 is 12.3. The summed E-state index contributed by atoms with van der Waals surface area (Å²) in [5, 5.41) is 3.46. The predicted octanol–water partition coefficient (Wildman–Crippen LogP) is 5.06. The smallest absolute Gasteiger partial charge is 0.244 e. The van der Waals surface area contributed by atoms with Crippen molar-refractivity contribution in [1.82, 2.24) is 10.2 Å². The lowest BCUT2D eigenvalue weighted by molar-refractivity contribution is -0.140. The Kier molecular flexibility index (Phi) is 10.7. The lowest BCUT2D eigenvalue weighted by atomic mass is 10.0. The van der Waals surface area contributed by atoms with Gasteiger partial charge >= 0.3 is 0 Å². The number of nitrogens with one attached hydrogen (secondary N) is 1. The molecule has 0 radical (unpaired) electrons. The average molecular weight is 595 g/mol.